The fourth-order valence-corrected chi connectivity index (χ4v) is 5.35. The maximum Gasteiger partial charge on any atom is 0.317 e. The second-order valence-corrected chi connectivity index (χ2v) is 9.77. The van der Waals surface area contributed by atoms with Crippen LogP contribution in [0.2, 0.25) is 0 Å². The number of carbonyl (C=O) groups excluding carboxylic acids is 3. The van der Waals surface area contributed by atoms with Crippen LogP contribution in [-0.4, -0.2) is 60.5 Å². The summed E-state index contributed by atoms with van der Waals surface area (Å²) in [5.74, 6) is -0.755. The van der Waals surface area contributed by atoms with Crippen LogP contribution in [0, 0.1) is 17.2 Å². The van der Waals surface area contributed by atoms with Gasteiger partial charge in [0.1, 0.15) is 0 Å². The Kier molecular flexibility index (Phi) is 8.78. The van der Waals surface area contributed by atoms with Crippen molar-refractivity contribution in [2.24, 2.45) is 5.92 Å². The van der Waals surface area contributed by atoms with E-state index in [1.54, 1.807) is 4.90 Å². The number of benzene rings is 2. The zero-order valence-electron chi connectivity index (χ0n) is 21.3. The maximum absolute atomic E-state index is 13.1. The van der Waals surface area contributed by atoms with Gasteiger partial charge in [-0.3, -0.25) is 9.59 Å². The summed E-state index contributed by atoms with van der Waals surface area (Å²) < 4.78 is 4.80. The highest BCUT2D eigenvalue weighted by Gasteiger charge is 2.40. The molecule has 2 aromatic carbocycles. The molecule has 0 radical (unpaired) electrons. The Bertz CT molecular complexity index is 1160. The van der Waals surface area contributed by atoms with Crippen LogP contribution in [0.5, 0.6) is 0 Å². The molecular weight excluding hydrogens is 468 g/mol. The van der Waals surface area contributed by atoms with Gasteiger partial charge in [0.05, 0.1) is 31.1 Å². The van der Waals surface area contributed by atoms with E-state index in [1.165, 1.54) is 18.2 Å². The molecule has 2 aliphatic heterocycles. The number of ether oxygens (including phenoxy) is 1. The molecule has 2 aliphatic rings. The third kappa shape index (κ3) is 6.67. The zero-order chi connectivity index (χ0) is 26.2. The van der Waals surface area contributed by atoms with Gasteiger partial charge in [0.15, 0.2) is 0 Å². The SMILES string of the molecule is COC(=O)C[C@@H]1C[C@@H](CCNC(=O)N2CCc3ccc(C#N)cc3C2)N(CCCc2ccccc2)C1=O. The number of nitrogens with zero attached hydrogens (tertiary/aromatic N) is 3. The fraction of sp³-hybridized carbons (Fsp3) is 0.448. The van der Waals surface area contributed by atoms with Crippen molar-refractivity contribution in [3.05, 3.63) is 70.8 Å². The number of aryl methyl sites for hydroxylation is 1. The molecule has 0 unspecified atom stereocenters. The second kappa shape index (κ2) is 12.4. The number of amides is 3. The topological polar surface area (TPSA) is 103 Å². The minimum Gasteiger partial charge on any atom is -0.469 e. The summed E-state index contributed by atoms with van der Waals surface area (Å²) in [6, 6.07) is 17.8. The average molecular weight is 503 g/mol. The van der Waals surface area contributed by atoms with Crippen molar-refractivity contribution in [2.75, 3.05) is 26.7 Å². The van der Waals surface area contributed by atoms with E-state index in [-0.39, 0.29) is 36.3 Å². The van der Waals surface area contributed by atoms with Crippen molar-refractivity contribution in [1.82, 2.24) is 15.1 Å². The van der Waals surface area contributed by atoms with Gasteiger partial charge in [-0.25, -0.2) is 4.79 Å². The lowest BCUT2D eigenvalue weighted by Gasteiger charge is -2.30. The summed E-state index contributed by atoms with van der Waals surface area (Å²) in [5.41, 5.74) is 4.02. The molecule has 4 rings (SSSR count). The summed E-state index contributed by atoms with van der Waals surface area (Å²) in [6.45, 7) is 2.16. The predicted molar refractivity (Wildman–Crippen MR) is 138 cm³/mol. The number of methoxy groups -OCH3 is 1. The molecule has 8 heteroatoms. The Morgan fingerprint density at radius 2 is 1.97 bits per heavy atom. The first-order valence-corrected chi connectivity index (χ1v) is 12.9. The van der Waals surface area contributed by atoms with Crippen LogP contribution in [0.15, 0.2) is 48.5 Å². The Hall–Kier alpha value is -3.86. The summed E-state index contributed by atoms with van der Waals surface area (Å²) in [5, 5.41) is 12.2. The molecule has 8 nitrogen and oxygen atoms in total. The van der Waals surface area contributed by atoms with Crippen molar-refractivity contribution < 1.29 is 19.1 Å². The fourth-order valence-electron chi connectivity index (χ4n) is 5.35. The van der Waals surface area contributed by atoms with Gasteiger partial charge in [0.2, 0.25) is 5.91 Å². The lowest BCUT2D eigenvalue weighted by molar-refractivity contribution is -0.144. The van der Waals surface area contributed by atoms with Gasteiger partial charge in [-0.2, -0.15) is 5.26 Å². The van der Waals surface area contributed by atoms with Crippen molar-refractivity contribution in [3.63, 3.8) is 0 Å². The van der Waals surface area contributed by atoms with E-state index in [9.17, 15) is 19.6 Å². The van der Waals surface area contributed by atoms with E-state index in [1.807, 2.05) is 41.3 Å². The number of fused-ring (bicyclic) bond motifs is 1. The van der Waals surface area contributed by atoms with Crippen LogP contribution < -0.4 is 5.32 Å². The molecule has 2 aromatic rings. The summed E-state index contributed by atoms with van der Waals surface area (Å²) in [7, 11) is 1.34. The van der Waals surface area contributed by atoms with Crippen LogP contribution in [-0.2, 0) is 33.7 Å². The largest absolute Gasteiger partial charge is 0.469 e. The molecule has 2 heterocycles. The maximum atomic E-state index is 13.1. The minimum absolute atomic E-state index is 0.00396. The summed E-state index contributed by atoms with van der Waals surface area (Å²) in [4.78, 5) is 41.5. The first kappa shape index (κ1) is 26.2. The highest BCUT2D eigenvalue weighted by molar-refractivity contribution is 5.86. The number of urea groups is 1. The van der Waals surface area contributed by atoms with Crippen LogP contribution in [0.1, 0.15) is 47.9 Å². The third-order valence-corrected chi connectivity index (χ3v) is 7.37. The predicted octanol–water partition coefficient (Wildman–Crippen LogP) is 3.43. The Balaban J connectivity index is 1.31. The van der Waals surface area contributed by atoms with Gasteiger partial charge < -0.3 is 19.9 Å². The van der Waals surface area contributed by atoms with E-state index in [4.69, 9.17) is 4.74 Å². The lowest BCUT2D eigenvalue weighted by atomic mass is 9.98. The molecule has 2 atom stereocenters. The molecule has 0 bridgehead atoms. The highest BCUT2D eigenvalue weighted by Crippen LogP contribution is 2.30. The van der Waals surface area contributed by atoms with Crippen LogP contribution >= 0.6 is 0 Å². The number of carbonyl (C=O) groups is 3. The second-order valence-electron chi connectivity index (χ2n) is 9.77. The van der Waals surface area contributed by atoms with E-state index in [2.05, 4.69) is 23.5 Å². The number of hydrogen-bond acceptors (Lipinski definition) is 5. The van der Waals surface area contributed by atoms with Gasteiger partial charge in [-0.05, 0) is 60.9 Å². The van der Waals surface area contributed by atoms with Crippen LogP contribution in [0.25, 0.3) is 0 Å². The minimum atomic E-state index is -0.377. The highest BCUT2D eigenvalue weighted by atomic mass is 16.5. The summed E-state index contributed by atoms with van der Waals surface area (Å²) in [6.07, 6.45) is 3.77. The molecule has 1 fully saturated rings. The normalized spacial score (nSPS) is 18.8. The quantitative estimate of drug-likeness (QED) is 0.529. The molecule has 1 N–H and O–H groups in total. The van der Waals surface area contributed by atoms with E-state index >= 15 is 0 Å². The number of rotatable bonds is 9. The molecule has 0 saturated carbocycles. The number of esters is 1. The van der Waals surface area contributed by atoms with Gasteiger partial charge in [0.25, 0.3) is 0 Å². The lowest BCUT2D eigenvalue weighted by Crippen LogP contribution is -2.44. The number of nitrogens with one attached hydrogen (secondary N) is 1. The first-order valence-electron chi connectivity index (χ1n) is 12.9. The number of hydrogen-bond donors (Lipinski definition) is 1. The monoisotopic (exact) mass is 502 g/mol. The van der Waals surface area contributed by atoms with Gasteiger partial charge >= 0.3 is 12.0 Å². The van der Waals surface area contributed by atoms with Crippen LogP contribution in [0.3, 0.4) is 0 Å². The molecule has 1 saturated heterocycles. The number of likely N-dealkylation sites (tertiary alicyclic amines) is 1. The van der Waals surface area contributed by atoms with Gasteiger partial charge in [0, 0.05) is 32.2 Å². The van der Waals surface area contributed by atoms with Gasteiger partial charge in [-0.1, -0.05) is 36.4 Å². The Morgan fingerprint density at radius 1 is 1.16 bits per heavy atom. The van der Waals surface area contributed by atoms with Crippen molar-refractivity contribution in [2.45, 2.75) is 51.1 Å². The first-order chi connectivity index (χ1) is 18.0. The molecular formula is C29H34N4O4. The Labute approximate surface area is 218 Å². The molecule has 37 heavy (non-hydrogen) atoms. The molecule has 0 aromatic heterocycles. The average Bonchev–Trinajstić information content (AvgIpc) is 3.21. The van der Waals surface area contributed by atoms with E-state index in [0.29, 0.717) is 44.6 Å². The molecule has 0 aliphatic carbocycles. The van der Waals surface area contributed by atoms with E-state index in [0.717, 1.165) is 24.8 Å². The number of nitriles is 1. The van der Waals surface area contributed by atoms with E-state index < -0.39 is 0 Å². The van der Waals surface area contributed by atoms with Crippen molar-refractivity contribution in [1.29, 1.82) is 5.26 Å². The van der Waals surface area contributed by atoms with Crippen molar-refractivity contribution in [3.8, 4) is 6.07 Å². The third-order valence-electron chi connectivity index (χ3n) is 7.37. The standard InChI is InChI=1S/C29H34N4O4/c1-37-27(34)18-24-17-26(33(28(24)35)14-5-8-21-6-3-2-4-7-21)11-13-31-29(36)32-15-12-23-10-9-22(19-30)16-25(23)20-32/h2-4,6-7,9-10,16,24,26H,5,8,11-15,17-18,20H2,1H3,(H,31,36)/t24-,26+/m0/s1. The zero-order valence-corrected chi connectivity index (χ0v) is 21.3. The van der Waals surface area contributed by atoms with Gasteiger partial charge in [-0.15, -0.1) is 0 Å². The molecule has 0 spiro atoms. The molecule has 194 valence electrons. The Morgan fingerprint density at radius 3 is 2.73 bits per heavy atom. The van der Waals surface area contributed by atoms with Crippen molar-refractivity contribution >= 4 is 17.9 Å². The van der Waals surface area contributed by atoms with Crippen LogP contribution in [0.4, 0.5) is 4.79 Å². The smallest absolute Gasteiger partial charge is 0.317 e. The molecule has 3 amide bonds. The summed E-state index contributed by atoms with van der Waals surface area (Å²) >= 11 is 0.